The van der Waals surface area contributed by atoms with E-state index in [9.17, 15) is 5.11 Å². The van der Waals surface area contributed by atoms with E-state index in [1.54, 1.807) is 12.1 Å². The fourth-order valence-electron chi connectivity index (χ4n) is 1.87. The molecule has 3 heteroatoms. The molecule has 0 saturated carbocycles. The maximum absolute atomic E-state index is 9.40. The van der Waals surface area contributed by atoms with Crippen LogP contribution in [0.25, 0.3) is 0 Å². The first-order chi connectivity index (χ1) is 8.66. The zero-order valence-electron chi connectivity index (χ0n) is 10.2. The molecule has 2 N–H and O–H groups in total. The van der Waals surface area contributed by atoms with E-state index in [0.717, 1.165) is 16.6 Å². The summed E-state index contributed by atoms with van der Waals surface area (Å²) in [6, 6.07) is 15.8. The summed E-state index contributed by atoms with van der Waals surface area (Å²) in [7, 11) is 0. The molecule has 0 radical (unpaired) electrons. The van der Waals surface area contributed by atoms with Crippen LogP contribution in [0, 0.1) is 0 Å². The standard InChI is InChI=1S/C15H16BrNO/c1-11(14-7-2-3-8-15(14)16)17-10-12-5-4-6-13(18)9-12/h2-9,11,17-18H,10H2,1H3/t11-/m1/s1. The third-order valence-corrected chi connectivity index (χ3v) is 3.62. The van der Waals surface area contributed by atoms with Gasteiger partial charge in [-0.15, -0.1) is 0 Å². The lowest BCUT2D eigenvalue weighted by Gasteiger charge is -2.16. The quantitative estimate of drug-likeness (QED) is 0.894. The average Bonchev–Trinajstić information content (AvgIpc) is 2.37. The van der Waals surface area contributed by atoms with E-state index in [2.05, 4.69) is 34.2 Å². The van der Waals surface area contributed by atoms with Crippen LogP contribution in [0.15, 0.2) is 53.0 Å². The number of hydrogen-bond donors (Lipinski definition) is 2. The van der Waals surface area contributed by atoms with Crippen molar-refractivity contribution in [2.75, 3.05) is 0 Å². The first kappa shape index (κ1) is 13.1. The maximum atomic E-state index is 9.40. The van der Waals surface area contributed by atoms with E-state index in [0.29, 0.717) is 5.75 Å². The molecule has 2 aromatic rings. The fraction of sp³-hybridized carbons (Fsp3) is 0.200. The largest absolute Gasteiger partial charge is 0.508 e. The lowest BCUT2D eigenvalue weighted by Crippen LogP contribution is -2.18. The molecule has 0 aliphatic heterocycles. The van der Waals surface area contributed by atoms with Crippen LogP contribution in [0.1, 0.15) is 24.1 Å². The molecule has 0 heterocycles. The number of benzene rings is 2. The summed E-state index contributed by atoms with van der Waals surface area (Å²) in [6.45, 7) is 2.86. The molecule has 2 rings (SSSR count). The van der Waals surface area contributed by atoms with Crippen molar-refractivity contribution in [3.05, 3.63) is 64.1 Å². The molecule has 0 aliphatic rings. The summed E-state index contributed by atoms with van der Waals surface area (Å²) in [5.74, 6) is 0.308. The summed E-state index contributed by atoms with van der Waals surface area (Å²) >= 11 is 3.55. The topological polar surface area (TPSA) is 32.3 Å². The molecule has 0 bridgehead atoms. The highest BCUT2D eigenvalue weighted by Crippen LogP contribution is 2.23. The molecule has 0 aromatic heterocycles. The second kappa shape index (κ2) is 6.03. The third kappa shape index (κ3) is 3.34. The Morgan fingerprint density at radius 3 is 2.67 bits per heavy atom. The Hall–Kier alpha value is -1.32. The first-order valence-corrected chi connectivity index (χ1v) is 6.72. The molecule has 2 nitrogen and oxygen atoms in total. The van der Waals surface area contributed by atoms with Gasteiger partial charge < -0.3 is 10.4 Å². The molecule has 0 unspecified atom stereocenters. The molecule has 94 valence electrons. The Morgan fingerprint density at radius 1 is 1.17 bits per heavy atom. The second-order valence-electron chi connectivity index (χ2n) is 4.29. The van der Waals surface area contributed by atoms with Crippen LogP contribution in [-0.4, -0.2) is 5.11 Å². The van der Waals surface area contributed by atoms with Crippen molar-refractivity contribution in [3.63, 3.8) is 0 Å². The maximum Gasteiger partial charge on any atom is 0.115 e. The minimum absolute atomic E-state index is 0.253. The highest BCUT2D eigenvalue weighted by molar-refractivity contribution is 9.10. The highest BCUT2D eigenvalue weighted by Gasteiger charge is 2.07. The number of rotatable bonds is 4. The summed E-state index contributed by atoms with van der Waals surface area (Å²) in [6.07, 6.45) is 0. The predicted octanol–water partition coefficient (Wildman–Crippen LogP) is 4.01. The molecule has 0 aliphatic carbocycles. The number of hydrogen-bond acceptors (Lipinski definition) is 2. The van der Waals surface area contributed by atoms with Crippen LogP contribution in [0.5, 0.6) is 5.75 Å². The van der Waals surface area contributed by atoms with E-state index in [-0.39, 0.29) is 6.04 Å². The van der Waals surface area contributed by atoms with E-state index < -0.39 is 0 Å². The van der Waals surface area contributed by atoms with Gasteiger partial charge in [0.1, 0.15) is 5.75 Å². The van der Waals surface area contributed by atoms with Crippen molar-refractivity contribution in [2.24, 2.45) is 0 Å². The van der Waals surface area contributed by atoms with Crippen molar-refractivity contribution in [1.82, 2.24) is 5.32 Å². The zero-order chi connectivity index (χ0) is 13.0. The summed E-state index contributed by atoms with van der Waals surface area (Å²) in [4.78, 5) is 0. The van der Waals surface area contributed by atoms with Gasteiger partial charge in [0.2, 0.25) is 0 Å². The number of halogens is 1. The highest BCUT2D eigenvalue weighted by atomic mass is 79.9. The number of nitrogens with one attached hydrogen (secondary N) is 1. The molecule has 2 aromatic carbocycles. The molecule has 0 fully saturated rings. The molecule has 0 spiro atoms. The summed E-state index contributed by atoms with van der Waals surface area (Å²) in [5, 5.41) is 12.8. The summed E-state index contributed by atoms with van der Waals surface area (Å²) < 4.78 is 1.11. The normalized spacial score (nSPS) is 12.3. The van der Waals surface area contributed by atoms with Crippen molar-refractivity contribution < 1.29 is 5.11 Å². The van der Waals surface area contributed by atoms with Gasteiger partial charge in [0.05, 0.1) is 0 Å². The Balaban J connectivity index is 2.00. The first-order valence-electron chi connectivity index (χ1n) is 5.92. The number of phenolic OH excluding ortho intramolecular Hbond substituents is 1. The molecule has 18 heavy (non-hydrogen) atoms. The van der Waals surface area contributed by atoms with Crippen molar-refractivity contribution >= 4 is 15.9 Å². The van der Waals surface area contributed by atoms with E-state index >= 15 is 0 Å². The van der Waals surface area contributed by atoms with Crippen LogP contribution in [0.2, 0.25) is 0 Å². The van der Waals surface area contributed by atoms with Gasteiger partial charge in [0.25, 0.3) is 0 Å². The van der Waals surface area contributed by atoms with Crippen LogP contribution in [0.3, 0.4) is 0 Å². The van der Waals surface area contributed by atoms with E-state index in [1.807, 2.05) is 30.3 Å². The molecule has 1 atom stereocenters. The monoisotopic (exact) mass is 305 g/mol. The van der Waals surface area contributed by atoms with Crippen LogP contribution in [-0.2, 0) is 6.54 Å². The van der Waals surface area contributed by atoms with Crippen molar-refractivity contribution in [1.29, 1.82) is 0 Å². The van der Waals surface area contributed by atoms with Gasteiger partial charge in [-0.1, -0.05) is 46.3 Å². The zero-order valence-corrected chi connectivity index (χ0v) is 11.8. The molecule has 0 amide bonds. The van der Waals surface area contributed by atoms with Gasteiger partial charge in [-0.05, 0) is 36.2 Å². The lowest BCUT2D eigenvalue weighted by atomic mass is 10.1. The number of aromatic hydroxyl groups is 1. The fourth-order valence-corrected chi connectivity index (χ4v) is 2.50. The lowest BCUT2D eigenvalue weighted by molar-refractivity contribution is 0.473. The SMILES string of the molecule is C[C@@H](NCc1cccc(O)c1)c1ccccc1Br. The van der Waals surface area contributed by atoms with E-state index in [1.165, 1.54) is 5.56 Å². The van der Waals surface area contributed by atoms with Gasteiger partial charge in [-0.3, -0.25) is 0 Å². The third-order valence-electron chi connectivity index (χ3n) is 2.89. The van der Waals surface area contributed by atoms with Crippen LogP contribution < -0.4 is 5.32 Å². The predicted molar refractivity (Wildman–Crippen MR) is 77.5 cm³/mol. The molecule has 0 saturated heterocycles. The van der Waals surface area contributed by atoms with Gasteiger partial charge in [0, 0.05) is 17.1 Å². The van der Waals surface area contributed by atoms with Crippen molar-refractivity contribution in [2.45, 2.75) is 19.5 Å². The Kier molecular flexibility index (Phi) is 4.39. The van der Waals surface area contributed by atoms with Gasteiger partial charge in [0.15, 0.2) is 0 Å². The number of phenols is 1. The van der Waals surface area contributed by atoms with Crippen molar-refractivity contribution in [3.8, 4) is 5.75 Å². The van der Waals surface area contributed by atoms with Gasteiger partial charge >= 0.3 is 0 Å². The van der Waals surface area contributed by atoms with Gasteiger partial charge in [-0.2, -0.15) is 0 Å². The molecular weight excluding hydrogens is 290 g/mol. The second-order valence-corrected chi connectivity index (χ2v) is 5.15. The minimum atomic E-state index is 0.253. The van der Waals surface area contributed by atoms with E-state index in [4.69, 9.17) is 0 Å². The minimum Gasteiger partial charge on any atom is -0.508 e. The van der Waals surface area contributed by atoms with Crippen LogP contribution in [0.4, 0.5) is 0 Å². The average molecular weight is 306 g/mol. The summed E-state index contributed by atoms with van der Waals surface area (Å²) in [5.41, 5.74) is 2.31. The Bertz CT molecular complexity index is 527. The molecular formula is C15H16BrNO. The Labute approximate surface area is 116 Å². The van der Waals surface area contributed by atoms with Crippen LogP contribution >= 0.6 is 15.9 Å². The smallest absolute Gasteiger partial charge is 0.115 e. The van der Waals surface area contributed by atoms with Gasteiger partial charge in [-0.25, -0.2) is 0 Å². The Morgan fingerprint density at radius 2 is 1.94 bits per heavy atom.